The molecule has 0 fully saturated rings. The highest BCUT2D eigenvalue weighted by Gasteiger charge is 2.15. The van der Waals surface area contributed by atoms with Crippen LogP contribution in [0.5, 0.6) is 0 Å². The Kier molecular flexibility index (Phi) is 5.74. The Labute approximate surface area is 159 Å². The maximum absolute atomic E-state index is 6.07. The van der Waals surface area contributed by atoms with E-state index in [0.717, 1.165) is 23.7 Å². The molecule has 0 saturated heterocycles. The number of halogens is 1. The molecule has 5 heteroatoms. The second kappa shape index (κ2) is 8.19. The molecule has 26 heavy (non-hydrogen) atoms. The molecule has 1 heterocycles. The number of nitrogens with zero attached hydrogens (tertiary/aromatic N) is 3. The number of aryl methyl sites for hydroxylation is 1. The maximum atomic E-state index is 6.07. The van der Waals surface area contributed by atoms with E-state index in [1.807, 2.05) is 43.3 Å². The summed E-state index contributed by atoms with van der Waals surface area (Å²) in [5.74, 6) is 1.47. The molecule has 134 valence electrons. The molecule has 1 N–H and O–H groups in total. The van der Waals surface area contributed by atoms with Gasteiger partial charge in [-0.05, 0) is 44.5 Å². The molecule has 3 aromatic rings. The predicted molar refractivity (Wildman–Crippen MR) is 109 cm³/mol. The third-order valence-electron chi connectivity index (χ3n) is 4.02. The number of hydrogen-bond donors (Lipinski definition) is 1. The summed E-state index contributed by atoms with van der Waals surface area (Å²) in [4.78, 5) is 11.6. The lowest BCUT2D eigenvalue weighted by molar-refractivity contribution is 0.659. The van der Waals surface area contributed by atoms with E-state index in [0.29, 0.717) is 11.0 Å². The van der Waals surface area contributed by atoms with Crippen molar-refractivity contribution < 1.29 is 0 Å². The molecule has 0 aliphatic heterocycles. The average Bonchev–Trinajstić information content (AvgIpc) is 2.60. The van der Waals surface area contributed by atoms with Gasteiger partial charge in [-0.2, -0.15) is 4.98 Å². The van der Waals surface area contributed by atoms with Crippen LogP contribution in [0.1, 0.15) is 25.1 Å². The highest BCUT2D eigenvalue weighted by Crippen LogP contribution is 2.23. The van der Waals surface area contributed by atoms with Crippen LogP contribution in [-0.4, -0.2) is 16.0 Å². The first-order valence-corrected chi connectivity index (χ1v) is 9.08. The number of benzene rings is 2. The SMILES string of the molecule is Cc1cc(Nc2cccc(Cl)c2)nc(N(Cc2ccccc2)C(C)C)n1. The fourth-order valence-electron chi connectivity index (χ4n) is 2.72. The summed E-state index contributed by atoms with van der Waals surface area (Å²) < 4.78 is 0. The van der Waals surface area contributed by atoms with Crippen LogP contribution in [0.25, 0.3) is 0 Å². The maximum Gasteiger partial charge on any atom is 0.228 e. The first-order valence-electron chi connectivity index (χ1n) is 8.70. The van der Waals surface area contributed by atoms with Gasteiger partial charge in [0.15, 0.2) is 0 Å². The van der Waals surface area contributed by atoms with E-state index in [4.69, 9.17) is 16.6 Å². The van der Waals surface area contributed by atoms with E-state index in [1.54, 1.807) is 0 Å². The Bertz CT molecular complexity index is 865. The zero-order valence-corrected chi connectivity index (χ0v) is 16.0. The molecule has 0 radical (unpaired) electrons. The molecule has 2 aromatic carbocycles. The Balaban J connectivity index is 1.89. The van der Waals surface area contributed by atoms with Crippen LogP contribution in [0.4, 0.5) is 17.5 Å². The van der Waals surface area contributed by atoms with Crippen molar-refractivity contribution in [2.45, 2.75) is 33.4 Å². The van der Waals surface area contributed by atoms with Crippen molar-refractivity contribution in [1.82, 2.24) is 9.97 Å². The van der Waals surface area contributed by atoms with E-state index in [1.165, 1.54) is 5.56 Å². The molecule has 0 bridgehead atoms. The minimum atomic E-state index is 0.274. The molecule has 4 nitrogen and oxygen atoms in total. The van der Waals surface area contributed by atoms with E-state index in [9.17, 15) is 0 Å². The average molecular weight is 367 g/mol. The lowest BCUT2D eigenvalue weighted by atomic mass is 10.2. The van der Waals surface area contributed by atoms with Crippen LogP contribution < -0.4 is 10.2 Å². The van der Waals surface area contributed by atoms with Gasteiger partial charge < -0.3 is 10.2 Å². The molecule has 0 aliphatic rings. The van der Waals surface area contributed by atoms with Gasteiger partial charge in [0.1, 0.15) is 5.82 Å². The Morgan fingerprint density at radius 3 is 2.46 bits per heavy atom. The van der Waals surface area contributed by atoms with Gasteiger partial charge in [0, 0.05) is 35.1 Å². The first-order chi connectivity index (χ1) is 12.5. The van der Waals surface area contributed by atoms with E-state index < -0.39 is 0 Å². The summed E-state index contributed by atoms with van der Waals surface area (Å²) in [6.45, 7) is 7.05. The van der Waals surface area contributed by atoms with Crippen molar-refractivity contribution in [2.24, 2.45) is 0 Å². The molecule has 0 saturated carbocycles. The zero-order valence-electron chi connectivity index (χ0n) is 15.3. The predicted octanol–water partition coefficient (Wildman–Crippen LogP) is 5.60. The molecule has 0 aliphatic carbocycles. The summed E-state index contributed by atoms with van der Waals surface area (Å²) in [7, 11) is 0. The Morgan fingerprint density at radius 1 is 1.00 bits per heavy atom. The van der Waals surface area contributed by atoms with E-state index in [2.05, 4.69) is 53.3 Å². The number of anilines is 3. The summed E-state index contributed by atoms with van der Waals surface area (Å²) in [6.07, 6.45) is 0. The topological polar surface area (TPSA) is 41.1 Å². The fraction of sp³-hybridized carbons (Fsp3) is 0.238. The molecule has 0 spiro atoms. The van der Waals surface area contributed by atoms with Crippen molar-refractivity contribution in [3.8, 4) is 0 Å². The monoisotopic (exact) mass is 366 g/mol. The van der Waals surface area contributed by atoms with Gasteiger partial charge in [0.05, 0.1) is 0 Å². The van der Waals surface area contributed by atoms with Crippen LogP contribution in [0, 0.1) is 6.92 Å². The largest absolute Gasteiger partial charge is 0.340 e. The summed E-state index contributed by atoms with van der Waals surface area (Å²) >= 11 is 6.07. The van der Waals surface area contributed by atoms with Gasteiger partial charge in [0.2, 0.25) is 5.95 Å². The molecular weight excluding hydrogens is 344 g/mol. The van der Waals surface area contributed by atoms with Crippen molar-refractivity contribution in [3.63, 3.8) is 0 Å². The Hall–Kier alpha value is -2.59. The highest BCUT2D eigenvalue weighted by atomic mass is 35.5. The van der Waals surface area contributed by atoms with Gasteiger partial charge in [-0.3, -0.25) is 0 Å². The number of nitrogens with one attached hydrogen (secondary N) is 1. The van der Waals surface area contributed by atoms with Crippen molar-refractivity contribution >= 4 is 29.1 Å². The summed E-state index contributed by atoms with van der Waals surface area (Å²) in [5.41, 5.74) is 3.05. The van der Waals surface area contributed by atoms with Crippen molar-refractivity contribution in [2.75, 3.05) is 10.2 Å². The van der Waals surface area contributed by atoms with Crippen LogP contribution in [-0.2, 0) is 6.54 Å². The van der Waals surface area contributed by atoms with Gasteiger partial charge in [0.25, 0.3) is 0 Å². The zero-order chi connectivity index (χ0) is 18.5. The minimum Gasteiger partial charge on any atom is -0.340 e. The molecular formula is C21H23ClN4. The van der Waals surface area contributed by atoms with Gasteiger partial charge in [-0.15, -0.1) is 0 Å². The van der Waals surface area contributed by atoms with E-state index >= 15 is 0 Å². The van der Waals surface area contributed by atoms with Crippen LogP contribution >= 0.6 is 11.6 Å². The van der Waals surface area contributed by atoms with Crippen molar-refractivity contribution in [1.29, 1.82) is 0 Å². The summed E-state index contributed by atoms with van der Waals surface area (Å²) in [5, 5.41) is 4.01. The normalized spacial score (nSPS) is 10.8. The fourth-order valence-corrected chi connectivity index (χ4v) is 2.91. The van der Waals surface area contributed by atoms with Crippen LogP contribution in [0.3, 0.4) is 0 Å². The van der Waals surface area contributed by atoms with Crippen molar-refractivity contribution in [3.05, 3.63) is 76.9 Å². The number of hydrogen-bond acceptors (Lipinski definition) is 4. The number of rotatable bonds is 6. The van der Waals surface area contributed by atoms with Gasteiger partial charge in [-0.1, -0.05) is 48.0 Å². The highest BCUT2D eigenvalue weighted by molar-refractivity contribution is 6.30. The molecule has 0 amide bonds. The Morgan fingerprint density at radius 2 is 1.77 bits per heavy atom. The molecule has 3 rings (SSSR count). The third-order valence-corrected chi connectivity index (χ3v) is 4.25. The second-order valence-electron chi connectivity index (χ2n) is 6.54. The van der Waals surface area contributed by atoms with Gasteiger partial charge >= 0.3 is 0 Å². The quantitative estimate of drug-likeness (QED) is 0.616. The number of aromatic nitrogens is 2. The lowest BCUT2D eigenvalue weighted by Gasteiger charge is -2.27. The van der Waals surface area contributed by atoms with E-state index in [-0.39, 0.29) is 6.04 Å². The van der Waals surface area contributed by atoms with Crippen LogP contribution in [0.15, 0.2) is 60.7 Å². The third kappa shape index (κ3) is 4.73. The molecule has 1 aromatic heterocycles. The second-order valence-corrected chi connectivity index (χ2v) is 6.97. The first kappa shape index (κ1) is 18.2. The summed E-state index contributed by atoms with van der Waals surface area (Å²) in [6, 6.07) is 20.2. The molecule has 0 unspecified atom stereocenters. The standard InChI is InChI=1S/C21H23ClN4/c1-15(2)26(14-17-8-5-4-6-9-17)21-23-16(3)12-20(25-21)24-19-11-7-10-18(22)13-19/h4-13,15H,14H2,1-3H3,(H,23,24,25). The van der Waals surface area contributed by atoms with Crippen LogP contribution in [0.2, 0.25) is 5.02 Å². The molecule has 0 atom stereocenters. The lowest BCUT2D eigenvalue weighted by Crippen LogP contribution is -2.32. The van der Waals surface area contributed by atoms with Gasteiger partial charge in [-0.25, -0.2) is 4.98 Å². The minimum absolute atomic E-state index is 0.274. The smallest absolute Gasteiger partial charge is 0.228 e.